The Kier molecular flexibility index (Phi) is 3.70. The molecule has 0 bridgehead atoms. The molecule has 0 unspecified atom stereocenters. The van der Waals surface area contributed by atoms with Crippen molar-refractivity contribution >= 4 is 51.7 Å². The Morgan fingerprint density at radius 3 is 1.40 bits per heavy atom. The van der Waals surface area contributed by atoms with Gasteiger partial charge in [0.2, 0.25) is 0 Å². The van der Waals surface area contributed by atoms with Crippen LogP contribution >= 0.6 is 22.7 Å². The number of rotatable bonds is 3. The van der Waals surface area contributed by atoms with Crippen molar-refractivity contribution in [3.05, 3.63) is 59.3 Å². The predicted octanol–water partition coefficient (Wildman–Crippen LogP) is 4.92. The molecule has 20 heavy (non-hydrogen) atoms. The average Bonchev–Trinajstić information content (AvgIpc) is 3.22. The second kappa shape index (κ2) is 5.65. The van der Waals surface area contributed by atoms with Crippen LogP contribution in [0.15, 0.2) is 59.3 Å². The Balaban J connectivity index is 1.68. The van der Waals surface area contributed by atoms with Crippen molar-refractivity contribution in [3.8, 4) is 27.5 Å². The first kappa shape index (κ1) is 13.1. The molecule has 0 N–H and O–H groups in total. The molecule has 0 spiro atoms. The van der Waals surface area contributed by atoms with Crippen LogP contribution in [0.1, 0.15) is 0 Å². The van der Waals surface area contributed by atoms with E-state index in [1.54, 1.807) is 8.87 Å². The van der Waals surface area contributed by atoms with Crippen LogP contribution < -0.4 is 0 Å². The first-order valence-corrected chi connectivity index (χ1v) is 11.4. The molecule has 0 saturated heterocycles. The van der Waals surface area contributed by atoms with Crippen LogP contribution in [-0.2, 0) is 0 Å². The van der Waals surface area contributed by atoms with E-state index in [1.807, 2.05) is 22.7 Å². The van der Waals surface area contributed by atoms with E-state index in [0.29, 0.717) is 29.0 Å². The van der Waals surface area contributed by atoms with Gasteiger partial charge in [-0.25, -0.2) is 0 Å². The normalized spacial score (nSPS) is 11.0. The summed E-state index contributed by atoms with van der Waals surface area (Å²) in [5.41, 5.74) is 0. The van der Waals surface area contributed by atoms with Gasteiger partial charge in [-0.2, -0.15) is 0 Å². The molecular weight excluding hydrogens is 414 g/mol. The van der Waals surface area contributed by atoms with Gasteiger partial charge in [0, 0.05) is 0 Å². The van der Waals surface area contributed by atoms with Crippen LogP contribution in [0.2, 0.25) is 0 Å². The molecule has 98 valence electrons. The molecule has 4 heteroatoms. The van der Waals surface area contributed by atoms with Gasteiger partial charge in [0.1, 0.15) is 0 Å². The summed E-state index contributed by atoms with van der Waals surface area (Å²) in [6, 6.07) is 18.1. The van der Waals surface area contributed by atoms with Gasteiger partial charge in [-0.1, -0.05) is 0 Å². The Labute approximate surface area is 137 Å². The maximum absolute atomic E-state index is 2.34. The van der Waals surface area contributed by atoms with Crippen molar-refractivity contribution in [2.75, 3.05) is 0 Å². The van der Waals surface area contributed by atoms with Crippen molar-refractivity contribution in [3.63, 3.8) is 0 Å². The van der Waals surface area contributed by atoms with Crippen LogP contribution in [-0.4, -0.2) is 29.0 Å². The molecule has 4 rings (SSSR count). The third-order valence-electron chi connectivity index (χ3n) is 2.98. The van der Waals surface area contributed by atoms with Gasteiger partial charge in [-0.15, -0.1) is 0 Å². The fourth-order valence-corrected chi connectivity index (χ4v) is 8.83. The van der Waals surface area contributed by atoms with E-state index in [4.69, 9.17) is 0 Å². The van der Waals surface area contributed by atoms with E-state index in [0.717, 1.165) is 0 Å². The molecular formula is C16H10S2Se2. The van der Waals surface area contributed by atoms with Gasteiger partial charge in [0.15, 0.2) is 0 Å². The van der Waals surface area contributed by atoms with Gasteiger partial charge in [0.25, 0.3) is 0 Å². The van der Waals surface area contributed by atoms with Gasteiger partial charge in [0.05, 0.1) is 0 Å². The molecule has 4 aromatic rings. The zero-order valence-corrected chi connectivity index (χ0v) is 15.5. The number of hydrogen-bond donors (Lipinski definition) is 0. The summed E-state index contributed by atoms with van der Waals surface area (Å²) in [5.74, 6) is 0. The van der Waals surface area contributed by atoms with E-state index < -0.39 is 0 Å². The molecule has 0 fully saturated rings. The van der Waals surface area contributed by atoms with Crippen molar-refractivity contribution < 1.29 is 0 Å². The molecule has 0 atom stereocenters. The van der Waals surface area contributed by atoms with E-state index in [-0.39, 0.29) is 0 Å². The van der Waals surface area contributed by atoms with Crippen molar-refractivity contribution in [1.29, 1.82) is 0 Å². The summed E-state index contributed by atoms with van der Waals surface area (Å²) in [6.45, 7) is 0. The molecule has 0 aliphatic heterocycles. The Morgan fingerprint density at radius 2 is 1.00 bits per heavy atom. The molecule has 0 radical (unpaired) electrons. The van der Waals surface area contributed by atoms with Crippen molar-refractivity contribution in [2.45, 2.75) is 0 Å². The summed E-state index contributed by atoms with van der Waals surface area (Å²) < 4.78 is 6.21. The Hall–Kier alpha value is -0.601. The van der Waals surface area contributed by atoms with Crippen LogP contribution in [0, 0.1) is 0 Å². The van der Waals surface area contributed by atoms with Crippen molar-refractivity contribution in [1.82, 2.24) is 0 Å². The molecule has 0 aliphatic rings. The van der Waals surface area contributed by atoms with Gasteiger partial charge >= 0.3 is 138 Å². The number of thiophene rings is 2. The van der Waals surface area contributed by atoms with Gasteiger partial charge < -0.3 is 0 Å². The van der Waals surface area contributed by atoms with Crippen LogP contribution in [0.5, 0.6) is 0 Å². The molecule has 0 saturated carbocycles. The molecule has 0 aromatic carbocycles. The number of hydrogen-bond acceptors (Lipinski definition) is 2. The molecule has 0 amide bonds. The van der Waals surface area contributed by atoms with E-state index >= 15 is 0 Å². The standard InChI is InChI=1S/C16H10S2Se2/c1-3-11(17-9-1)13-5-7-15(19-13)16-8-6-14(20-16)12-4-2-10-18-12/h1-10H. The summed E-state index contributed by atoms with van der Waals surface area (Å²) in [5, 5.41) is 4.33. The summed E-state index contributed by atoms with van der Waals surface area (Å²) in [6.07, 6.45) is 0. The van der Waals surface area contributed by atoms with Crippen molar-refractivity contribution in [2.24, 2.45) is 0 Å². The minimum absolute atomic E-state index is 0.483. The van der Waals surface area contributed by atoms with Crippen LogP contribution in [0.4, 0.5) is 0 Å². The molecule has 0 aliphatic carbocycles. The minimum atomic E-state index is 0.483. The molecule has 0 nitrogen and oxygen atoms in total. The van der Waals surface area contributed by atoms with E-state index in [2.05, 4.69) is 59.3 Å². The Morgan fingerprint density at radius 1 is 0.550 bits per heavy atom. The fourth-order valence-electron chi connectivity index (χ4n) is 2.04. The van der Waals surface area contributed by atoms with E-state index in [9.17, 15) is 0 Å². The topological polar surface area (TPSA) is 0 Å². The third-order valence-corrected chi connectivity index (χ3v) is 10.9. The monoisotopic (exact) mass is 426 g/mol. The fraction of sp³-hybridized carbons (Fsp3) is 0. The zero-order valence-electron chi connectivity index (χ0n) is 10.4. The Bertz CT molecular complexity index is 734. The van der Waals surface area contributed by atoms with Gasteiger partial charge in [-0.3, -0.25) is 0 Å². The van der Waals surface area contributed by atoms with Gasteiger partial charge in [-0.05, 0) is 0 Å². The summed E-state index contributed by atoms with van der Waals surface area (Å²) in [7, 11) is 0. The second-order valence-electron chi connectivity index (χ2n) is 4.28. The quantitative estimate of drug-likeness (QED) is 0.410. The average molecular weight is 424 g/mol. The zero-order chi connectivity index (χ0) is 13.4. The third kappa shape index (κ3) is 2.48. The van der Waals surface area contributed by atoms with Crippen LogP contribution in [0.25, 0.3) is 27.5 Å². The molecule has 4 aromatic heterocycles. The van der Waals surface area contributed by atoms with Crippen LogP contribution in [0.3, 0.4) is 0 Å². The SMILES string of the molecule is c1csc(-c2ccc(-c3ccc(-c4cccs4)[se]3)[se]2)c1. The summed E-state index contributed by atoms with van der Waals surface area (Å²) >= 11 is 4.67. The predicted molar refractivity (Wildman–Crippen MR) is 92.4 cm³/mol. The summed E-state index contributed by atoms with van der Waals surface area (Å²) in [4.78, 5) is 2.88. The van der Waals surface area contributed by atoms with E-state index in [1.165, 1.54) is 18.6 Å². The first-order valence-electron chi connectivity index (χ1n) is 6.18. The first-order chi connectivity index (χ1) is 9.90. The second-order valence-corrected chi connectivity index (χ2v) is 10.7. The maximum atomic E-state index is 2.34. The molecule has 4 heterocycles.